The number of thiazole rings is 1. The summed E-state index contributed by atoms with van der Waals surface area (Å²) in [6.45, 7) is 1.99. The first-order valence-electron chi connectivity index (χ1n) is 6.20. The van der Waals surface area contributed by atoms with E-state index in [2.05, 4.69) is 22.4 Å². The minimum Gasteiger partial charge on any atom is -0.302 e. The van der Waals surface area contributed by atoms with Gasteiger partial charge in [0.25, 0.3) is 0 Å². The number of benzene rings is 1. The number of nitrogens with one attached hydrogen (secondary N) is 1. The first-order chi connectivity index (χ1) is 9.28. The standard InChI is InChI=1S/C14H16N2OS2/c1-2-6-13(17)16-14-15-11(10-19-14)9-18-12-7-4-3-5-8-12/h3-5,7-8,10H,2,6,9H2,1H3,(H,15,16,17). The summed E-state index contributed by atoms with van der Waals surface area (Å²) in [7, 11) is 0. The summed E-state index contributed by atoms with van der Waals surface area (Å²) in [5.74, 6) is 0.864. The first kappa shape index (κ1) is 14.1. The Morgan fingerprint density at radius 3 is 2.89 bits per heavy atom. The second-order valence-electron chi connectivity index (χ2n) is 4.04. The molecule has 100 valence electrons. The molecule has 0 atom stereocenters. The van der Waals surface area contributed by atoms with Crippen molar-refractivity contribution in [2.45, 2.75) is 30.4 Å². The summed E-state index contributed by atoms with van der Waals surface area (Å²) in [5.41, 5.74) is 1.01. The molecule has 5 heteroatoms. The Morgan fingerprint density at radius 1 is 1.37 bits per heavy atom. The van der Waals surface area contributed by atoms with E-state index >= 15 is 0 Å². The lowest BCUT2D eigenvalue weighted by Gasteiger charge is -1.99. The number of hydrogen-bond acceptors (Lipinski definition) is 4. The van der Waals surface area contributed by atoms with Crippen LogP contribution in [0.5, 0.6) is 0 Å². The molecular weight excluding hydrogens is 276 g/mol. The van der Waals surface area contributed by atoms with Crippen molar-refractivity contribution in [2.24, 2.45) is 0 Å². The minimum atomic E-state index is 0.0408. The lowest BCUT2D eigenvalue weighted by molar-refractivity contribution is -0.116. The molecule has 0 bridgehead atoms. The zero-order chi connectivity index (χ0) is 13.5. The molecule has 0 aliphatic heterocycles. The Hall–Kier alpha value is -1.33. The summed E-state index contributed by atoms with van der Waals surface area (Å²) in [4.78, 5) is 17.1. The van der Waals surface area contributed by atoms with Gasteiger partial charge in [-0.25, -0.2) is 4.98 Å². The van der Waals surface area contributed by atoms with Gasteiger partial charge in [0.05, 0.1) is 5.69 Å². The van der Waals surface area contributed by atoms with Crippen LogP contribution in [-0.2, 0) is 10.5 Å². The van der Waals surface area contributed by atoms with E-state index in [1.54, 1.807) is 11.8 Å². The van der Waals surface area contributed by atoms with Gasteiger partial charge in [-0.2, -0.15) is 0 Å². The number of amides is 1. The van der Waals surface area contributed by atoms with Crippen molar-refractivity contribution >= 4 is 34.1 Å². The van der Waals surface area contributed by atoms with Crippen LogP contribution in [0.3, 0.4) is 0 Å². The Kier molecular flexibility index (Phi) is 5.42. The lowest BCUT2D eigenvalue weighted by Crippen LogP contribution is -2.10. The minimum absolute atomic E-state index is 0.0408. The third kappa shape index (κ3) is 4.69. The van der Waals surface area contributed by atoms with Gasteiger partial charge in [-0.3, -0.25) is 4.79 Å². The predicted molar refractivity (Wildman–Crippen MR) is 81.7 cm³/mol. The van der Waals surface area contributed by atoms with Crippen LogP contribution in [0.25, 0.3) is 0 Å². The van der Waals surface area contributed by atoms with Crippen molar-refractivity contribution in [2.75, 3.05) is 5.32 Å². The lowest BCUT2D eigenvalue weighted by atomic mass is 10.3. The smallest absolute Gasteiger partial charge is 0.226 e. The largest absolute Gasteiger partial charge is 0.302 e. The molecule has 1 amide bonds. The molecule has 0 aliphatic carbocycles. The topological polar surface area (TPSA) is 42.0 Å². The Labute approximate surface area is 121 Å². The van der Waals surface area contributed by atoms with E-state index in [0.717, 1.165) is 17.9 Å². The molecule has 0 aliphatic rings. The molecule has 1 aromatic carbocycles. The molecule has 1 N–H and O–H groups in total. The molecule has 0 unspecified atom stereocenters. The molecule has 2 aromatic rings. The van der Waals surface area contributed by atoms with Crippen molar-refractivity contribution in [3.8, 4) is 0 Å². The molecular formula is C14H16N2OS2. The van der Waals surface area contributed by atoms with Crippen LogP contribution in [0, 0.1) is 0 Å². The molecule has 0 spiro atoms. The highest BCUT2D eigenvalue weighted by Gasteiger charge is 2.06. The zero-order valence-corrected chi connectivity index (χ0v) is 12.4. The van der Waals surface area contributed by atoms with Gasteiger partial charge < -0.3 is 5.32 Å². The highest BCUT2D eigenvalue weighted by Crippen LogP contribution is 2.24. The molecule has 2 rings (SSSR count). The van der Waals surface area contributed by atoms with Gasteiger partial charge in [0.2, 0.25) is 5.91 Å². The highest BCUT2D eigenvalue weighted by molar-refractivity contribution is 7.98. The van der Waals surface area contributed by atoms with Crippen molar-refractivity contribution < 1.29 is 4.79 Å². The molecule has 0 radical (unpaired) electrons. The van der Waals surface area contributed by atoms with Crippen molar-refractivity contribution in [3.05, 3.63) is 41.4 Å². The second-order valence-corrected chi connectivity index (χ2v) is 5.95. The number of anilines is 1. The van der Waals surface area contributed by atoms with Gasteiger partial charge in [0, 0.05) is 22.4 Å². The second kappa shape index (κ2) is 7.31. The van der Waals surface area contributed by atoms with Crippen molar-refractivity contribution in [3.63, 3.8) is 0 Å². The molecule has 1 aromatic heterocycles. The van der Waals surface area contributed by atoms with E-state index in [4.69, 9.17) is 0 Å². The Balaban J connectivity index is 1.85. The summed E-state index contributed by atoms with van der Waals surface area (Å²) in [6, 6.07) is 10.2. The SMILES string of the molecule is CCCC(=O)Nc1nc(CSc2ccccc2)cs1. The number of aromatic nitrogens is 1. The summed E-state index contributed by atoms with van der Waals surface area (Å²) >= 11 is 3.23. The first-order valence-corrected chi connectivity index (χ1v) is 8.06. The van der Waals surface area contributed by atoms with Gasteiger partial charge in [-0.05, 0) is 18.6 Å². The van der Waals surface area contributed by atoms with Crippen LogP contribution in [-0.4, -0.2) is 10.9 Å². The third-order valence-corrected chi connectivity index (χ3v) is 4.26. The van der Waals surface area contributed by atoms with Crippen LogP contribution in [0.15, 0.2) is 40.6 Å². The van der Waals surface area contributed by atoms with E-state index in [0.29, 0.717) is 11.6 Å². The number of carbonyl (C=O) groups excluding carboxylic acids is 1. The van der Waals surface area contributed by atoms with E-state index < -0.39 is 0 Å². The van der Waals surface area contributed by atoms with E-state index in [1.807, 2.05) is 30.5 Å². The van der Waals surface area contributed by atoms with Crippen LogP contribution >= 0.6 is 23.1 Å². The Bertz CT molecular complexity index is 525. The maximum absolute atomic E-state index is 11.5. The molecule has 19 heavy (non-hydrogen) atoms. The summed E-state index contributed by atoms with van der Waals surface area (Å²) in [5, 5.41) is 5.51. The average molecular weight is 292 g/mol. The number of carbonyl (C=O) groups is 1. The maximum Gasteiger partial charge on any atom is 0.226 e. The predicted octanol–water partition coefficient (Wildman–Crippen LogP) is 4.17. The monoisotopic (exact) mass is 292 g/mol. The molecule has 0 saturated heterocycles. The van der Waals surface area contributed by atoms with Gasteiger partial charge >= 0.3 is 0 Å². The van der Waals surface area contributed by atoms with Gasteiger partial charge in [0.1, 0.15) is 0 Å². The van der Waals surface area contributed by atoms with Gasteiger partial charge in [-0.15, -0.1) is 23.1 Å². The van der Waals surface area contributed by atoms with Gasteiger partial charge in [-0.1, -0.05) is 25.1 Å². The number of nitrogens with zero attached hydrogens (tertiary/aromatic N) is 1. The fourth-order valence-corrected chi connectivity index (χ4v) is 3.16. The highest BCUT2D eigenvalue weighted by atomic mass is 32.2. The molecule has 0 saturated carbocycles. The van der Waals surface area contributed by atoms with E-state index in [1.165, 1.54) is 16.2 Å². The van der Waals surface area contributed by atoms with Crippen LogP contribution in [0.1, 0.15) is 25.5 Å². The zero-order valence-electron chi connectivity index (χ0n) is 10.8. The van der Waals surface area contributed by atoms with Crippen molar-refractivity contribution in [1.82, 2.24) is 4.98 Å². The van der Waals surface area contributed by atoms with E-state index in [9.17, 15) is 4.79 Å². The number of thioether (sulfide) groups is 1. The third-order valence-electron chi connectivity index (χ3n) is 2.41. The Morgan fingerprint density at radius 2 is 2.16 bits per heavy atom. The summed E-state index contributed by atoms with van der Waals surface area (Å²) in [6.07, 6.45) is 1.40. The molecule has 1 heterocycles. The average Bonchev–Trinajstić information content (AvgIpc) is 2.85. The fourth-order valence-electron chi connectivity index (χ4n) is 1.51. The number of hydrogen-bond donors (Lipinski definition) is 1. The maximum atomic E-state index is 11.5. The summed E-state index contributed by atoms with van der Waals surface area (Å²) < 4.78 is 0. The van der Waals surface area contributed by atoms with Crippen LogP contribution in [0.2, 0.25) is 0 Å². The quantitative estimate of drug-likeness (QED) is 0.812. The van der Waals surface area contributed by atoms with Gasteiger partial charge in [0.15, 0.2) is 5.13 Å². The normalized spacial score (nSPS) is 10.4. The molecule has 0 fully saturated rings. The molecule has 3 nitrogen and oxygen atoms in total. The number of rotatable bonds is 6. The van der Waals surface area contributed by atoms with Crippen LogP contribution < -0.4 is 5.32 Å². The fraction of sp³-hybridized carbons (Fsp3) is 0.286. The van der Waals surface area contributed by atoms with Crippen molar-refractivity contribution in [1.29, 1.82) is 0 Å². The van der Waals surface area contributed by atoms with Crippen LogP contribution in [0.4, 0.5) is 5.13 Å². The van der Waals surface area contributed by atoms with E-state index in [-0.39, 0.29) is 5.91 Å².